The molecule has 1 saturated heterocycles. The zero-order valence-electron chi connectivity index (χ0n) is 13.9. The van der Waals surface area contributed by atoms with Gasteiger partial charge in [-0.2, -0.15) is 0 Å². The van der Waals surface area contributed by atoms with Gasteiger partial charge in [0.2, 0.25) is 0 Å². The van der Waals surface area contributed by atoms with Gasteiger partial charge in [-0.1, -0.05) is 24.3 Å². The van der Waals surface area contributed by atoms with Crippen LogP contribution in [-0.4, -0.2) is 30.4 Å². The molecule has 1 aromatic carbocycles. The Balaban J connectivity index is 1.68. The van der Waals surface area contributed by atoms with Crippen LogP contribution in [0, 0.1) is 0 Å². The topological polar surface area (TPSA) is 44.8 Å². The first-order valence-electron chi connectivity index (χ1n) is 7.82. The second kappa shape index (κ2) is 5.10. The van der Waals surface area contributed by atoms with Crippen LogP contribution in [0.5, 0.6) is 0 Å². The molecule has 0 aromatic heterocycles. The third-order valence-electron chi connectivity index (χ3n) is 4.94. The number of carbonyl (C=O) groups is 1. The van der Waals surface area contributed by atoms with Gasteiger partial charge in [0.05, 0.1) is 11.2 Å². The summed E-state index contributed by atoms with van der Waals surface area (Å²) in [6, 6.07) is 8.24. The molecule has 0 radical (unpaired) electrons. The Morgan fingerprint density at radius 1 is 1.14 bits per heavy atom. The summed E-state index contributed by atoms with van der Waals surface area (Å²) in [6.45, 7) is 9.66. The Bertz CT molecular complexity index is 563. The molecule has 4 nitrogen and oxygen atoms in total. The summed E-state index contributed by atoms with van der Waals surface area (Å²) in [5.41, 5.74) is 1.57. The monoisotopic (exact) mass is 302 g/mol. The molecule has 1 aromatic rings. The zero-order chi connectivity index (χ0) is 16.1. The van der Waals surface area contributed by atoms with Crippen LogP contribution in [0.2, 0.25) is 0 Å². The van der Waals surface area contributed by atoms with Gasteiger partial charge in [-0.15, -0.1) is 0 Å². The van der Waals surface area contributed by atoms with E-state index in [1.165, 1.54) is 12.5 Å². The summed E-state index contributed by atoms with van der Waals surface area (Å²) < 4.78 is 17.3. The van der Waals surface area contributed by atoms with Crippen LogP contribution in [0.1, 0.15) is 52.5 Å². The lowest BCUT2D eigenvalue weighted by atomic mass is 9.78. The first-order chi connectivity index (χ1) is 10.2. The van der Waals surface area contributed by atoms with Crippen molar-refractivity contribution in [1.29, 1.82) is 0 Å². The van der Waals surface area contributed by atoms with E-state index < -0.39 is 0 Å². The Labute approximate surface area is 132 Å². The van der Waals surface area contributed by atoms with E-state index in [9.17, 15) is 4.79 Å². The van der Waals surface area contributed by atoms with Crippen molar-refractivity contribution in [3.63, 3.8) is 0 Å². The first kappa shape index (κ1) is 15.6. The fourth-order valence-corrected chi connectivity index (χ4v) is 2.75. The van der Waals surface area contributed by atoms with Crippen molar-refractivity contribution in [3.8, 4) is 0 Å². The molecular formula is C17H23BO4. The van der Waals surface area contributed by atoms with Gasteiger partial charge in [0.15, 0.2) is 0 Å². The number of benzene rings is 1. The summed E-state index contributed by atoms with van der Waals surface area (Å²) in [5, 5.41) is 0. The first-order valence-corrected chi connectivity index (χ1v) is 7.82. The van der Waals surface area contributed by atoms with Gasteiger partial charge in [-0.25, -0.2) is 0 Å². The summed E-state index contributed by atoms with van der Waals surface area (Å²) in [6.07, 6.45) is 0.954. The number of hydrogen-bond donors (Lipinski definition) is 0. The Hall–Kier alpha value is -1.33. The van der Waals surface area contributed by atoms with Gasteiger partial charge < -0.3 is 14.0 Å². The van der Waals surface area contributed by atoms with Gasteiger partial charge in [-0.05, 0) is 45.1 Å². The van der Waals surface area contributed by atoms with E-state index in [0.717, 1.165) is 11.9 Å². The molecule has 3 rings (SSSR count). The third kappa shape index (κ3) is 2.80. The van der Waals surface area contributed by atoms with Crippen LogP contribution in [-0.2, 0) is 18.8 Å². The molecule has 0 bridgehead atoms. The molecule has 5 heteroatoms. The van der Waals surface area contributed by atoms with E-state index in [0.29, 0.717) is 5.92 Å². The molecule has 1 aliphatic heterocycles. The summed E-state index contributed by atoms with van der Waals surface area (Å²) >= 11 is 0. The lowest BCUT2D eigenvalue weighted by molar-refractivity contribution is -0.142. The summed E-state index contributed by atoms with van der Waals surface area (Å²) in [4.78, 5) is 11.0. The number of rotatable bonds is 3. The molecule has 2 fully saturated rings. The summed E-state index contributed by atoms with van der Waals surface area (Å²) in [5.74, 6) is 0.123. The van der Waals surface area contributed by atoms with E-state index in [-0.39, 0.29) is 30.4 Å². The normalized spacial score (nSPS) is 28.5. The minimum Gasteiger partial charge on any atom is -0.462 e. The lowest BCUT2D eigenvalue weighted by Crippen LogP contribution is -2.41. The standard InChI is InChI=1S/C17H23BO4/c1-11(19)20-15-10-14(15)12-6-8-13(9-7-12)18-21-16(2,3)17(4,5)22-18/h6-9,14-15H,10H2,1-5H3/t14-,15+/m0/s1. The molecule has 118 valence electrons. The number of carbonyl (C=O) groups excluding carboxylic acids is 1. The minimum absolute atomic E-state index is 0.0418. The molecule has 0 spiro atoms. The highest BCUT2D eigenvalue weighted by Gasteiger charge is 2.51. The maximum atomic E-state index is 11.0. The number of esters is 1. The van der Waals surface area contributed by atoms with Crippen LogP contribution in [0.3, 0.4) is 0 Å². The van der Waals surface area contributed by atoms with Crippen molar-refractivity contribution in [2.45, 2.75) is 64.3 Å². The van der Waals surface area contributed by atoms with Crippen molar-refractivity contribution in [3.05, 3.63) is 29.8 Å². The fraction of sp³-hybridized carbons (Fsp3) is 0.588. The van der Waals surface area contributed by atoms with Gasteiger partial charge >= 0.3 is 13.1 Å². The lowest BCUT2D eigenvalue weighted by Gasteiger charge is -2.32. The van der Waals surface area contributed by atoms with Crippen molar-refractivity contribution in [1.82, 2.24) is 0 Å². The molecular weight excluding hydrogens is 279 g/mol. The second-order valence-corrected chi connectivity index (χ2v) is 7.24. The molecule has 22 heavy (non-hydrogen) atoms. The number of hydrogen-bond acceptors (Lipinski definition) is 4. The van der Waals surface area contributed by atoms with Gasteiger partial charge in [0.25, 0.3) is 0 Å². The highest BCUT2D eigenvalue weighted by molar-refractivity contribution is 6.62. The van der Waals surface area contributed by atoms with Crippen molar-refractivity contribution < 1.29 is 18.8 Å². The smallest absolute Gasteiger partial charge is 0.462 e. The van der Waals surface area contributed by atoms with Crippen LogP contribution in [0.15, 0.2) is 24.3 Å². The molecule has 0 unspecified atom stereocenters. The highest BCUT2D eigenvalue weighted by atomic mass is 16.7. The van der Waals surface area contributed by atoms with Gasteiger partial charge in [0.1, 0.15) is 6.10 Å². The average molecular weight is 302 g/mol. The van der Waals surface area contributed by atoms with Crippen LogP contribution >= 0.6 is 0 Å². The Kier molecular flexibility index (Phi) is 3.61. The van der Waals surface area contributed by atoms with Crippen molar-refractivity contribution >= 4 is 18.6 Å². The molecule has 0 amide bonds. The SMILES string of the molecule is CC(=O)O[C@@H]1C[C@H]1c1ccc(B2OC(C)(C)C(C)(C)O2)cc1. The molecule has 0 N–H and O–H groups in total. The maximum Gasteiger partial charge on any atom is 0.494 e. The minimum atomic E-state index is -0.331. The molecule has 2 atom stereocenters. The zero-order valence-corrected chi connectivity index (χ0v) is 13.9. The highest BCUT2D eigenvalue weighted by Crippen LogP contribution is 2.43. The van der Waals surface area contributed by atoms with Crippen LogP contribution in [0.25, 0.3) is 0 Å². The predicted octanol–water partition coefficient (Wildman–Crippen LogP) is 2.40. The van der Waals surface area contributed by atoms with Gasteiger partial charge in [-0.3, -0.25) is 4.79 Å². The number of ether oxygens (including phenoxy) is 1. The van der Waals surface area contributed by atoms with Crippen LogP contribution in [0.4, 0.5) is 0 Å². The average Bonchev–Trinajstić information content (AvgIpc) is 3.11. The quantitative estimate of drug-likeness (QED) is 0.635. The van der Waals surface area contributed by atoms with E-state index in [4.69, 9.17) is 14.0 Å². The molecule has 2 aliphatic rings. The van der Waals surface area contributed by atoms with Gasteiger partial charge in [0, 0.05) is 12.8 Å². The molecule has 1 saturated carbocycles. The Morgan fingerprint density at radius 3 is 2.18 bits per heavy atom. The largest absolute Gasteiger partial charge is 0.494 e. The van der Waals surface area contributed by atoms with E-state index in [1.807, 2.05) is 12.1 Å². The van der Waals surface area contributed by atoms with Crippen molar-refractivity contribution in [2.75, 3.05) is 0 Å². The molecule has 1 aliphatic carbocycles. The summed E-state index contributed by atoms with van der Waals surface area (Å²) in [7, 11) is -0.331. The van der Waals surface area contributed by atoms with E-state index in [2.05, 4.69) is 39.8 Å². The van der Waals surface area contributed by atoms with E-state index >= 15 is 0 Å². The predicted molar refractivity (Wildman–Crippen MR) is 85.1 cm³/mol. The third-order valence-corrected chi connectivity index (χ3v) is 4.94. The fourth-order valence-electron chi connectivity index (χ4n) is 2.75. The maximum absolute atomic E-state index is 11.0. The second-order valence-electron chi connectivity index (χ2n) is 7.24. The Morgan fingerprint density at radius 2 is 1.68 bits per heavy atom. The molecule has 1 heterocycles. The van der Waals surface area contributed by atoms with E-state index in [1.54, 1.807) is 0 Å². The van der Waals surface area contributed by atoms with Crippen molar-refractivity contribution in [2.24, 2.45) is 0 Å². The van der Waals surface area contributed by atoms with Crippen LogP contribution < -0.4 is 5.46 Å².